The van der Waals surface area contributed by atoms with Crippen LogP contribution in [0.15, 0.2) is 45.6 Å². The van der Waals surface area contributed by atoms with Gasteiger partial charge in [-0.3, -0.25) is 9.59 Å². The monoisotopic (exact) mass is 454 g/mol. The van der Waals surface area contributed by atoms with Crippen molar-refractivity contribution in [2.45, 2.75) is 6.92 Å². The molecule has 0 bridgehead atoms. The molecule has 1 aromatic heterocycles. The third-order valence-electron chi connectivity index (χ3n) is 5.28. The van der Waals surface area contributed by atoms with E-state index in [4.69, 9.17) is 13.9 Å². The lowest BCUT2D eigenvalue weighted by Gasteiger charge is -2.31. The lowest BCUT2D eigenvalue weighted by molar-refractivity contribution is -0.132. The second kappa shape index (κ2) is 8.83. The Morgan fingerprint density at radius 1 is 1.00 bits per heavy atom. The quantitative estimate of drug-likeness (QED) is 0.453. The SMILES string of the molecule is CC(=O)Oc1c(O)cc2oc(-c3ccc(OC(=O)N4CCN(C)CC4)cc3)cc(=O)c2c1O. The molecule has 1 aliphatic rings. The average molecular weight is 454 g/mol. The molecule has 1 aliphatic heterocycles. The van der Waals surface area contributed by atoms with Crippen LogP contribution >= 0.6 is 0 Å². The van der Waals surface area contributed by atoms with E-state index in [1.54, 1.807) is 29.2 Å². The van der Waals surface area contributed by atoms with Crippen LogP contribution < -0.4 is 14.9 Å². The largest absolute Gasteiger partial charge is 0.504 e. The van der Waals surface area contributed by atoms with Gasteiger partial charge in [0.2, 0.25) is 5.75 Å². The topological polar surface area (TPSA) is 130 Å². The Morgan fingerprint density at radius 3 is 2.30 bits per heavy atom. The van der Waals surface area contributed by atoms with Gasteiger partial charge in [0.1, 0.15) is 22.5 Å². The molecule has 2 aromatic carbocycles. The average Bonchev–Trinajstić information content (AvgIpc) is 2.77. The molecule has 2 N–H and O–H groups in total. The molecule has 10 heteroatoms. The number of phenolic OH excluding ortho intramolecular Hbond substituents is 2. The van der Waals surface area contributed by atoms with Crippen LogP contribution in [0.3, 0.4) is 0 Å². The zero-order chi connectivity index (χ0) is 23.7. The normalized spacial score (nSPS) is 14.3. The number of nitrogens with zero attached hydrogens (tertiary/aromatic N) is 2. The number of carbonyl (C=O) groups excluding carboxylic acids is 2. The first kappa shape index (κ1) is 22.2. The molecule has 1 saturated heterocycles. The minimum atomic E-state index is -0.769. The molecule has 0 radical (unpaired) electrons. The second-order valence-corrected chi connectivity index (χ2v) is 7.70. The van der Waals surface area contributed by atoms with Crippen LogP contribution in [0.5, 0.6) is 23.0 Å². The maximum Gasteiger partial charge on any atom is 0.415 e. The molecule has 0 aliphatic carbocycles. The van der Waals surface area contributed by atoms with Crippen LogP contribution in [0, 0.1) is 0 Å². The number of esters is 1. The third-order valence-corrected chi connectivity index (χ3v) is 5.28. The highest BCUT2D eigenvalue weighted by molar-refractivity contribution is 5.90. The van der Waals surface area contributed by atoms with Gasteiger partial charge in [0, 0.05) is 50.8 Å². The summed E-state index contributed by atoms with van der Waals surface area (Å²) in [5.74, 6) is -2.01. The van der Waals surface area contributed by atoms with Crippen molar-refractivity contribution < 1.29 is 33.7 Å². The molecular weight excluding hydrogens is 432 g/mol. The van der Waals surface area contributed by atoms with Crippen LogP contribution in [0.2, 0.25) is 0 Å². The molecule has 33 heavy (non-hydrogen) atoms. The minimum Gasteiger partial charge on any atom is -0.504 e. The van der Waals surface area contributed by atoms with E-state index in [-0.39, 0.29) is 16.7 Å². The zero-order valence-corrected chi connectivity index (χ0v) is 18.0. The summed E-state index contributed by atoms with van der Waals surface area (Å²) in [7, 11) is 1.99. The van der Waals surface area contributed by atoms with Crippen molar-refractivity contribution in [1.29, 1.82) is 0 Å². The summed E-state index contributed by atoms with van der Waals surface area (Å²) in [4.78, 5) is 39.9. The number of aromatic hydroxyl groups is 2. The number of ether oxygens (including phenoxy) is 2. The summed E-state index contributed by atoms with van der Waals surface area (Å²) in [6.45, 7) is 3.84. The lowest BCUT2D eigenvalue weighted by Crippen LogP contribution is -2.48. The fourth-order valence-corrected chi connectivity index (χ4v) is 3.50. The van der Waals surface area contributed by atoms with E-state index in [2.05, 4.69) is 4.90 Å². The van der Waals surface area contributed by atoms with Crippen molar-refractivity contribution in [3.8, 4) is 34.3 Å². The maximum absolute atomic E-state index is 12.6. The van der Waals surface area contributed by atoms with Crippen LogP contribution in [0.1, 0.15) is 6.92 Å². The summed E-state index contributed by atoms with van der Waals surface area (Å²) in [6, 6.07) is 8.64. The third kappa shape index (κ3) is 4.60. The number of hydrogen-bond acceptors (Lipinski definition) is 9. The van der Waals surface area contributed by atoms with Crippen LogP contribution in [0.4, 0.5) is 4.79 Å². The number of rotatable bonds is 3. The molecule has 1 fully saturated rings. The fourth-order valence-electron chi connectivity index (χ4n) is 3.50. The predicted molar refractivity (Wildman–Crippen MR) is 118 cm³/mol. The Balaban J connectivity index is 1.58. The van der Waals surface area contributed by atoms with E-state index in [0.717, 1.165) is 26.1 Å². The van der Waals surface area contributed by atoms with Gasteiger partial charge < -0.3 is 33.9 Å². The molecule has 3 aromatic rings. The molecule has 2 heterocycles. The second-order valence-electron chi connectivity index (χ2n) is 7.70. The first-order valence-electron chi connectivity index (χ1n) is 10.2. The molecule has 0 atom stereocenters. The number of fused-ring (bicyclic) bond motifs is 1. The van der Waals surface area contributed by atoms with Crippen molar-refractivity contribution >= 4 is 23.0 Å². The van der Waals surface area contributed by atoms with Gasteiger partial charge in [-0.15, -0.1) is 0 Å². The summed E-state index contributed by atoms with van der Waals surface area (Å²) in [6.07, 6.45) is -0.428. The number of amides is 1. The van der Waals surface area contributed by atoms with E-state index in [1.807, 2.05) is 7.05 Å². The highest BCUT2D eigenvalue weighted by Crippen LogP contribution is 2.41. The van der Waals surface area contributed by atoms with Crippen molar-refractivity contribution in [3.63, 3.8) is 0 Å². The van der Waals surface area contributed by atoms with Gasteiger partial charge in [-0.25, -0.2) is 4.79 Å². The summed E-state index contributed by atoms with van der Waals surface area (Å²) in [5.41, 5.74) is -0.173. The summed E-state index contributed by atoms with van der Waals surface area (Å²) < 4.78 is 15.9. The molecule has 0 spiro atoms. The first-order valence-corrected chi connectivity index (χ1v) is 10.2. The van der Waals surface area contributed by atoms with Gasteiger partial charge >= 0.3 is 12.1 Å². The van der Waals surface area contributed by atoms with Crippen molar-refractivity contribution in [1.82, 2.24) is 9.80 Å². The molecule has 0 unspecified atom stereocenters. The van der Waals surface area contributed by atoms with Gasteiger partial charge in [-0.05, 0) is 31.3 Å². The number of piperazine rings is 1. The smallest absolute Gasteiger partial charge is 0.415 e. The molecule has 0 saturated carbocycles. The van der Waals surface area contributed by atoms with E-state index < -0.39 is 34.7 Å². The van der Waals surface area contributed by atoms with Gasteiger partial charge in [0.25, 0.3) is 0 Å². The van der Waals surface area contributed by atoms with Crippen molar-refractivity contribution in [2.24, 2.45) is 0 Å². The fraction of sp³-hybridized carbons (Fsp3) is 0.261. The maximum atomic E-state index is 12.6. The Hall–Kier alpha value is -4.05. The standard InChI is InChI=1S/C23H22N2O8/c1-13(26)31-22-17(28)12-19-20(21(22)29)16(27)11-18(33-19)14-3-5-15(6-4-14)32-23(30)25-9-7-24(2)8-10-25/h3-6,11-12,28-29H,7-10H2,1-2H3. The summed E-state index contributed by atoms with van der Waals surface area (Å²) in [5, 5.41) is 20.2. The molecule has 1 amide bonds. The zero-order valence-electron chi connectivity index (χ0n) is 18.0. The highest BCUT2D eigenvalue weighted by atomic mass is 16.6. The molecule has 172 valence electrons. The van der Waals surface area contributed by atoms with E-state index >= 15 is 0 Å². The van der Waals surface area contributed by atoms with Crippen molar-refractivity contribution in [3.05, 3.63) is 46.6 Å². The van der Waals surface area contributed by atoms with Crippen LogP contribution in [-0.4, -0.2) is 65.3 Å². The lowest BCUT2D eigenvalue weighted by atomic mass is 10.1. The number of phenols is 2. The highest BCUT2D eigenvalue weighted by Gasteiger charge is 2.22. The molecule has 10 nitrogen and oxygen atoms in total. The Kier molecular flexibility index (Phi) is 5.93. The van der Waals surface area contributed by atoms with E-state index in [0.29, 0.717) is 24.4 Å². The number of carbonyl (C=O) groups is 2. The van der Waals surface area contributed by atoms with E-state index in [1.165, 1.54) is 6.07 Å². The van der Waals surface area contributed by atoms with Gasteiger partial charge in [-0.2, -0.15) is 0 Å². The number of hydrogen-bond donors (Lipinski definition) is 2. The number of likely N-dealkylation sites (N-methyl/N-ethyl adjacent to an activating group) is 1. The van der Waals surface area contributed by atoms with Crippen molar-refractivity contribution in [2.75, 3.05) is 33.2 Å². The Morgan fingerprint density at radius 2 is 1.67 bits per heavy atom. The van der Waals surface area contributed by atoms with Gasteiger partial charge in [0.15, 0.2) is 16.9 Å². The molecule has 4 rings (SSSR count). The van der Waals surface area contributed by atoms with Crippen LogP contribution in [0.25, 0.3) is 22.3 Å². The molecular formula is C23H22N2O8. The van der Waals surface area contributed by atoms with E-state index in [9.17, 15) is 24.6 Å². The van der Waals surface area contributed by atoms with Gasteiger partial charge in [-0.1, -0.05) is 0 Å². The van der Waals surface area contributed by atoms with Gasteiger partial charge in [0.05, 0.1) is 0 Å². The Labute approximate surface area is 188 Å². The number of benzene rings is 2. The minimum absolute atomic E-state index is 0.0889. The van der Waals surface area contributed by atoms with Crippen LogP contribution in [-0.2, 0) is 4.79 Å². The summed E-state index contributed by atoms with van der Waals surface area (Å²) >= 11 is 0. The Bertz CT molecular complexity index is 1270. The first-order chi connectivity index (χ1) is 15.7. The predicted octanol–water partition coefficient (Wildman–Crippen LogP) is 2.54.